The van der Waals surface area contributed by atoms with Gasteiger partial charge < -0.3 is 10.1 Å². The van der Waals surface area contributed by atoms with Crippen LogP contribution in [0.25, 0.3) is 0 Å². The first-order valence-electron chi connectivity index (χ1n) is 8.54. The summed E-state index contributed by atoms with van der Waals surface area (Å²) in [4.78, 5) is 11.9. The van der Waals surface area contributed by atoms with E-state index in [2.05, 4.69) is 18.3 Å². The number of carbonyl (C=O) groups is 1. The van der Waals surface area contributed by atoms with E-state index in [0.717, 1.165) is 44.3 Å². The first kappa shape index (κ1) is 15.9. The Balaban J connectivity index is 1.54. The molecule has 0 aromatic heterocycles. The average molecular weight is 324 g/mol. The van der Waals surface area contributed by atoms with Crippen LogP contribution in [0.3, 0.4) is 0 Å². The van der Waals surface area contributed by atoms with Gasteiger partial charge in [-0.3, -0.25) is 4.79 Å². The third-order valence-corrected chi connectivity index (χ3v) is 5.21. The van der Waals surface area contributed by atoms with E-state index in [1.807, 2.05) is 0 Å². The molecule has 0 spiro atoms. The van der Waals surface area contributed by atoms with Gasteiger partial charge in [-0.1, -0.05) is 24.8 Å². The maximum absolute atomic E-state index is 12.1. The fourth-order valence-corrected chi connectivity index (χ4v) is 4.23. The molecule has 2 saturated carbocycles. The van der Waals surface area contributed by atoms with Crippen molar-refractivity contribution in [2.45, 2.75) is 75.6 Å². The molecule has 2 fully saturated rings. The number of nitrogens with one attached hydrogen (secondary N) is 1. The summed E-state index contributed by atoms with van der Waals surface area (Å²) >= 11 is 6.55. The molecule has 0 heterocycles. The van der Waals surface area contributed by atoms with Crippen LogP contribution in [0.1, 0.15) is 64.7 Å². The Labute approximate surface area is 138 Å². The molecule has 4 heteroatoms. The Hall–Kier alpha value is -0.960. The fraction of sp³-hybridized carbons (Fsp3) is 0.722. The van der Waals surface area contributed by atoms with Gasteiger partial charge in [0.05, 0.1) is 0 Å². The summed E-state index contributed by atoms with van der Waals surface area (Å²) in [5.74, 6) is 0.900. The number of hydrogen-bond donors (Lipinski definition) is 1. The minimum absolute atomic E-state index is 0.00663. The minimum Gasteiger partial charge on any atom is -0.484 e. The molecule has 0 saturated heterocycles. The van der Waals surface area contributed by atoms with Gasteiger partial charge >= 0.3 is 0 Å². The SMILES string of the molecule is CC1(Cl)CC2=CC(OCC(=O)NC3CCCCC3)=C(CC2)C1. The van der Waals surface area contributed by atoms with E-state index in [-0.39, 0.29) is 17.4 Å². The van der Waals surface area contributed by atoms with Crippen LogP contribution < -0.4 is 5.32 Å². The Bertz CT molecular complexity index is 501. The molecule has 22 heavy (non-hydrogen) atoms. The van der Waals surface area contributed by atoms with Crippen LogP contribution in [-0.2, 0) is 9.53 Å². The highest BCUT2D eigenvalue weighted by atomic mass is 35.5. The van der Waals surface area contributed by atoms with Crippen molar-refractivity contribution < 1.29 is 9.53 Å². The summed E-state index contributed by atoms with van der Waals surface area (Å²) in [5.41, 5.74) is 2.62. The lowest BCUT2D eigenvalue weighted by Gasteiger charge is -2.23. The van der Waals surface area contributed by atoms with E-state index in [4.69, 9.17) is 16.3 Å². The Morgan fingerprint density at radius 3 is 2.86 bits per heavy atom. The molecule has 3 nitrogen and oxygen atoms in total. The molecule has 1 atom stereocenters. The molecule has 4 aliphatic rings. The summed E-state index contributed by atoms with van der Waals surface area (Å²) < 4.78 is 5.83. The number of amides is 1. The quantitative estimate of drug-likeness (QED) is 0.787. The van der Waals surface area contributed by atoms with Crippen molar-refractivity contribution in [1.29, 1.82) is 0 Å². The van der Waals surface area contributed by atoms with Crippen molar-refractivity contribution in [2.75, 3.05) is 6.61 Å². The molecular formula is C18H26ClNO2. The van der Waals surface area contributed by atoms with Crippen LogP contribution in [0.15, 0.2) is 23.0 Å². The molecular weight excluding hydrogens is 298 g/mol. The first-order valence-corrected chi connectivity index (χ1v) is 8.92. The number of halogens is 1. The van der Waals surface area contributed by atoms with Crippen molar-refractivity contribution in [3.05, 3.63) is 23.0 Å². The average Bonchev–Trinajstić information content (AvgIpc) is 2.70. The summed E-state index contributed by atoms with van der Waals surface area (Å²) in [6, 6.07) is 0.345. The van der Waals surface area contributed by atoms with Gasteiger partial charge in [0.15, 0.2) is 6.61 Å². The third kappa shape index (κ3) is 4.07. The molecule has 0 radical (unpaired) electrons. The Morgan fingerprint density at radius 1 is 1.32 bits per heavy atom. The van der Waals surface area contributed by atoms with Gasteiger partial charge in [-0.05, 0) is 57.1 Å². The molecule has 2 bridgehead atoms. The van der Waals surface area contributed by atoms with E-state index in [0.29, 0.717) is 6.04 Å². The lowest BCUT2D eigenvalue weighted by atomic mass is 9.95. The molecule has 0 aromatic rings. The van der Waals surface area contributed by atoms with Crippen LogP contribution in [0.2, 0.25) is 0 Å². The predicted molar refractivity (Wildman–Crippen MR) is 88.8 cm³/mol. The third-order valence-electron chi connectivity index (χ3n) is 4.94. The molecule has 4 rings (SSSR count). The second-order valence-corrected chi connectivity index (χ2v) is 8.14. The van der Waals surface area contributed by atoms with Crippen LogP contribution >= 0.6 is 11.6 Å². The van der Waals surface area contributed by atoms with Gasteiger partial charge in [-0.15, -0.1) is 11.6 Å². The molecule has 122 valence electrons. The summed E-state index contributed by atoms with van der Waals surface area (Å²) in [5, 5.41) is 3.10. The van der Waals surface area contributed by atoms with Crippen molar-refractivity contribution in [1.82, 2.24) is 5.32 Å². The Kier molecular flexibility index (Phi) is 4.82. The topological polar surface area (TPSA) is 38.3 Å². The maximum Gasteiger partial charge on any atom is 0.258 e. The number of rotatable bonds is 4. The second kappa shape index (κ2) is 6.66. The van der Waals surface area contributed by atoms with Gasteiger partial charge in [0.25, 0.3) is 5.91 Å². The molecule has 0 aliphatic heterocycles. The van der Waals surface area contributed by atoms with E-state index in [9.17, 15) is 4.79 Å². The molecule has 0 aromatic carbocycles. The molecule has 1 N–H and O–H groups in total. The van der Waals surface area contributed by atoms with Crippen molar-refractivity contribution in [3.8, 4) is 0 Å². The van der Waals surface area contributed by atoms with Crippen LogP contribution in [0.5, 0.6) is 0 Å². The summed E-state index contributed by atoms with van der Waals surface area (Å²) in [7, 11) is 0. The van der Waals surface area contributed by atoms with E-state index in [1.54, 1.807) is 0 Å². The zero-order valence-electron chi connectivity index (χ0n) is 13.4. The highest BCUT2D eigenvalue weighted by Gasteiger charge is 2.32. The standard InChI is InChI=1S/C18H26ClNO2/c1-18(19)10-13-7-8-14(11-18)16(9-13)22-12-17(21)20-15-5-3-2-4-6-15/h9,15H,2-8,10-12H2,1H3,(H,20,21). The summed E-state index contributed by atoms with van der Waals surface area (Å²) in [6.07, 6.45) is 11.9. The number of allylic oxidation sites excluding steroid dienone is 3. The van der Waals surface area contributed by atoms with Gasteiger partial charge in [0.1, 0.15) is 5.76 Å². The lowest BCUT2D eigenvalue weighted by molar-refractivity contribution is -0.125. The molecule has 4 aliphatic carbocycles. The van der Waals surface area contributed by atoms with Gasteiger partial charge in [-0.25, -0.2) is 0 Å². The first-order chi connectivity index (χ1) is 10.5. The van der Waals surface area contributed by atoms with Gasteiger partial charge in [0.2, 0.25) is 0 Å². The maximum atomic E-state index is 12.1. The van der Waals surface area contributed by atoms with Crippen molar-refractivity contribution in [3.63, 3.8) is 0 Å². The molecule has 1 amide bonds. The number of hydrogen-bond acceptors (Lipinski definition) is 2. The molecule has 1 unspecified atom stereocenters. The van der Waals surface area contributed by atoms with Gasteiger partial charge in [-0.2, -0.15) is 0 Å². The summed E-state index contributed by atoms with van der Waals surface area (Å²) in [6.45, 7) is 2.21. The van der Waals surface area contributed by atoms with E-state index in [1.165, 1.54) is 30.4 Å². The largest absolute Gasteiger partial charge is 0.484 e. The van der Waals surface area contributed by atoms with Crippen LogP contribution in [0, 0.1) is 0 Å². The van der Waals surface area contributed by atoms with Gasteiger partial charge in [0, 0.05) is 10.9 Å². The lowest BCUT2D eigenvalue weighted by Crippen LogP contribution is -2.38. The number of fused-ring (bicyclic) bond motifs is 4. The van der Waals surface area contributed by atoms with Crippen molar-refractivity contribution in [2.24, 2.45) is 0 Å². The normalized spacial score (nSPS) is 29.1. The zero-order valence-corrected chi connectivity index (χ0v) is 14.2. The zero-order chi connectivity index (χ0) is 15.6. The van der Waals surface area contributed by atoms with E-state index < -0.39 is 0 Å². The highest BCUT2D eigenvalue weighted by molar-refractivity contribution is 6.24. The van der Waals surface area contributed by atoms with E-state index >= 15 is 0 Å². The van der Waals surface area contributed by atoms with Crippen LogP contribution in [-0.4, -0.2) is 23.4 Å². The fourth-order valence-electron chi connectivity index (χ4n) is 3.89. The van der Waals surface area contributed by atoms with Crippen LogP contribution in [0.4, 0.5) is 0 Å². The monoisotopic (exact) mass is 323 g/mol. The highest BCUT2D eigenvalue weighted by Crippen LogP contribution is 2.43. The smallest absolute Gasteiger partial charge is 0.258 e. The predicted octanol–water partition coefficient (Wildman–Crippen LogP) is 4.22. The number of carbonyl (C=O) groups excluding carboxylic acids is 1. The number of ether oxygens (including phenoxy) is 1. The Morgan fingerprint density at radius 2 is 2.09 bits per heavy atom. The minimum atomic E-state index is -0.201. The van der Waals surface area contributed by atoms with Crippen molar-refractivity contribution >= 4 is 17.5 Å². The second-order valence-electron chi connectivity index (χ2n) is 7.23. The number of alkyl halides is 1.